The van der Waals surface area contributed by atoms with Crippen LogP contribution in [0.3, 0.4) is 0 Å². The summed E-state index contributed by atoms with van der Waals surface area (Å²) in [7, 11) is -3.51. The van der Waals surface area contributed by atoms with E-state index in [2.05, 4.69) is 26.7 Å². The van der Waals surface area contributed by atoms with E-state index in [0.29, 0.717) is 13.0 Å². The van der Waals surface area contributed by atoms with Gasteiger partial charge in [-0.15, -0.1) is 0 Å². The van der Waals surface area contributed by atoms with Crippen molar-refractivity contribution in [3.8, 4) is 5.75 Å². The highest BCUT2D eigenvalue weighted by Gasteiger charge is 2.19. The number of pyridine rings is 1. The number of aliphatic hydroxyl groups is 1. The molecule has 162 valence electrons. The number of Topliss-reactive ketones (excluding diaryl/α,β-unsaturated/α-hetero) is 1. The number of carbonyl (C=O) groups excluding carboxylic acids is 1. The van der Waals surface area contributed by atoms with Gasteiger partial charge in [0.1, 0.15) is 6.61 Å². The second kappa shape index (κ2) is 10.0. The summed E-state index contributed by atoms with van der Waals surface area (Å²) >= 11 is 0. The maximum absolute atomic E-state index is 12.2. The fourth-order valence-electron chi connectivity index (χ4n) is 3.42. The van der Waals surface area contributed by atoms with Gasteiger partial charge in [0, 0.05) is 32.3 Å². The molecule has 0 radical (unpaired) electrons. The standard InChI is InChI=1S/C21H27N3O5S/c1-30(27,28)23-21-20(7-4-11-22-21)29-15-19(26)9-8-18(25)14-24-12-10-16-5-2-3-6-17(16)13-24/h2-7,11,18,25H,8-10,12-15H2,1H3,(H,22,23). The van der Waals surface area contributed by atoms with Crippen LogP contribution in [0.15, 0.2) is 42.6 Å². The zero-order chi connectivity index (χ0) is 21.6. The van der Waals surface area contributed by atoms with E-state index in [-0.39, 0.29) is 30.4 Å². The topological polar surface area (TPSA) is 109 Å². The van der Waals surface area contributed by atoms with Crippen molar-refractivity contribution in [2.24, 2.45) is 0 Å². The highest BCUT2D eigenvalue weighted by atomic mass is 32.2. The molecule has 2 aromatic rings. The molecule has 0 amide bonds. The van der Waals surface area contributed by atoms with Crippen LogP contribution in [0, 0.1) is 0 Å². The van der Waals surface area contributed by atoms with Crippen LogP contribution in [-0.2, 0) is 27.8 Å². The van der Waals surface area contributed by atoms with Gasteiger partial charge in [-0.2, -0.15) is 0 Å². The van der Waals surface area contributed by atoms with Crippen molar-refractivity contribution >= 4 is 21.6 Å². The molecule has 3 rings (SSSR count). The van der Waals surface area contributed by atoms with Gasteiger partial charge >= 0.3 is 0 Å². The predicted molar refractivity (Wildman–Crippen MR) is 114 cm³/mol. The number of hydrogen-bond donors (Lipinski definition) is 2. The van der Waals surface area contributed by atoms with Gasteiger partial charge in [-0.1, -0.05) is 24.3 Å². The van der Waals surface area contributed by atoms with Crippen LogP contribution < -0.4 is 9.46 Å². The first-order valence-corrected chi connectivity index (χ1v) is 11.7. The van der Waals surface area contributed by atoms with E-state index in [1.54, 1.807) is 6.07 Å². The molecular weight excluding hydrogens is 406 g/mol. The Hall–Kier alpha value is -2.49. The Kier molecular flexibility index (Phi) is 7.41. The Balaban J connectivity index is 1.42. The van der Waals surface area contributed by atoms with E-state index < -0.39 is 16.1 Å². The average molecular weight is 434 g/mol. The molecule has 1 aliphatic heterocycles. The maximum atomic E-state index is 12.2. The summed E-state index contributed by atoms with van der Waals surface area (Å²) in [6.07, 6.45) is 3.34. The second-order valence-corrected chi connectivity index (χ2v) is 9.25. The van der Waals surface area contributed by atoms with Crippen molar-refractivity contribution in [2.75, 3.05) is 30.7 Å². The van der Waals surface area contributed by atoms with E-state index in [1.807, 2.05) is 12.1 Å². The molecule has 2 heterocycles. The van der Waals surface area contributed by atoms with Crippen LogP contribution in [0.5, 0.6) is 5.75 Å². The fraction of sp³-hybridized carbons (Fsp3) is 0.429. The summed E-state index contributed by atoms with van der Waals surface area (Å²) in [5, 5.41) is 10.3. The Labute approximate surface area is 176 Å². The van der Waals surface area contributed by atoms with Crippen molar-refractivity contribution in [3.05, 3.63) is 53.7 Å². The SMILES string of the molecule is CS(=O)(=O)Nc1ncccc1OCC(=O)CCC(O)CN1CCc2ccccc2C1. The molecule has 0 aliphatic carbocycles. The Bertz CT molecular complexity index is 980. The normalized spacial score (nSPS) is 15.3. The molecule has 1 atom stereocenters. The van der Waals surface area contributed by atoms with Gasteiger partial charge in [0.25, 0.3) is 0 Å². The summed E-state index contributed by atoms with van der Waals surface area (Å²) in [5.41, 5.74) is 2.64. The van der Waals surface area contributed by atoms with Gasteiger partial charge < -0.3 is 9.84 Å². The minimum absolute atomic E-state index is 0.0400. The molecule has 1 aromatic heterocycles. The number of aliphatic hydroxyl groups excluding tert-OH is 1. The lowest BCUT2D eigenvalue weighted by atomic mass is 9.99. The Morgan fingerprint density at radius 1 is 1.27 bits per heavy atom. The van der Waals surface area contributed by atoms with Crippen LogP contribution in [0.1, 0.15) is 24.0 Å². The van der Waals surface area contributed by atoms with Crippen molar-refractivity contribution in [1.29, 1.82) is 0 Å². The van der Waals surface area contributed by atoms with Crippen molar-refractivity contribution < 1.29 is 23.1 Å². The molecule has 0 bridgehead atoms. The number of nitrogens with one attached hydrogen (secondary N) is 1. The average Bonchev–Trinajstić information content (AvgIpc) is 2.70. The van der Waals surface area contributed by atoms with Gasteiger partial charge in [-0.05, 0) is 36.1 Å². The van der Waals surface area contributed by atoms with Crippen molar-refractivity contribution in [3.63, 3.8) is 0 Å². The molecule has 0 fully saturated rings. The van der Waals surface area contributed by atoms with E-state index in [1.165, 1.54) is 23.4 Å². The number of fused-ring (bicyclic) bond motifs is 1. The molecule has 2 N–H and O–H groups in total. The smallest absolute Gasteiger partial charge is 0.231 e. The number of aromatic nitrogens is 1. The number of anilines is 1. The van der Waals surface area contributed by atoms with Crippen LogP contribution >= 0.6 is 0 Å². The number of rotatable bonds is 10. The van der Waals surface area contributed by atoms with Gasteiger partial charge in [0.05, 0.1) is 12.4 Å². The third-order valence-corrected chi connectivity index (χ3v) is 5.44. The molecular formula is C21H27N3O5S. The number of hydrogen-bond acceptors (Lipinski definition) is 7. The highest BCUT2D eigenvalue weighted by Crippen LogP contribution is 2.22. The third-order valence-electron chi connectivity index (χ3n) is 4.88. The summed E-state index contributed by atoms with van der Waals surface area (Å²) in [5.74, 6) is 0.0502. The van der Waals surface area contributed by atoms with E-state index in [0.717, 1.165) is 25.8 Å². The van der Waals surface area contributed by atoms with Gasteiger partial charge in [0.2, 0.25) is 10.0 Å². The van der Waals surface area contributed by atoms with Gasteiger partial charge in [-0.3, -0.25) is 14.4 Å². The van der Waals surface area contributed by atoms with Crippen molar-refractivity contribution in [1.82, 2.24) is 9.88 Å². The molecule has 0 saturated heterocycles. The lowest BCUT2D eigenvalue weighted by Crippen LogP contribution is -2.36. The van der Waals surface area contributed by atoms with Crippen LogP contribution in [0.25, 0.3) is 0 Å². The molecule has 1 unspecified atom stereocenters. The van der Waals surface area contributed by atoms with E-state index in [9.17, 15) is 18.3 Å². The molecule has 9 heteroatoms. The van der Waals surface area contributed by atoms with Gasteiger partial charge in [-0.25, -0.2) is 13.4 Å². The summed E-state index contributed by atoms with van der Waals surface area (Å²) in [6, 6.07) is 11.4. The minimum Gasteiger partial charge on any atom is -0.482 e. The van der Waals surface area contributed by atoms with Crippen molar-refractivity contribution in [2.45, 2.75) is 31.9 Å². The number of ether oxygens (including phenoxy) is 1. The number of carbonyl (C=O) groups is 1. The first-order valence-electron chi connectivity index (χ1n) is 9.84. The van der Waals surface area contributed by atoms with Crippen LogP contribution in [0.4, 0.5) is 5.82 Å². The zero-order valence-electron chi connectivity index (χ0n) is 17.0. The van der Waals surface area contributed by atoms with E-state index >= 15 is 0 Å². The highest BCUT2D eigenvalue weighted by molar-refractivity contribution is 7.92. The monoisotopic (exact) mass is 433 g/mol. The van der Waals surface area contributed by atoms with E-state index in [4.69, 9.17) is 4.74 Å². The zero-order valence-corrected chi connectivity index (χ0v) is 17.8. The molecule has 30 heavy (non-hydrogen) atoms. The number of nitrogens with zero attached hydrogens (tertiary/aromatic N) is 2. The predicted octanol–water partition coefficient (Wildman–Crippen LogP) is 1.60. The first-order chi connectivity index (χ1) is 14.3. The Morgan fingerprint density at radius 2 is 2.03 bits per heavy atom. The quantitative estimate of drug-likeness (QED) is 0.586. The number of sulfonamides is 1. The van der Waals surface area contributed by atoms with Crippen LogP contribution in [0.2, 0.25) is 0 Å². The number of benzene rings is 1. The third kappa shape index (κ3) is 6.79. The minimum atomic E-state index is -3.51. The summed E-state index contributed by atoms with van der Waals surface area (Å²) in [4.78, 5) is 18.3. The van der Waals surface area contributed by atoms with Crippen LogP contribution in [-0.4, -0.2) is 61.2 Å². The summed E-state index contributed by atoms with van der Waals surface area (Å²) in [6.45, 7) is 2.01. The molecule has 8 nitrogen and oxygen atoms in total. The second-order valence-electron chi connectivity index (χ2n) is 7.50. The lowest BCUT2D eigenvalue weighted by Gasteiger charge is -2.30. The first kappa shape index (κ1) is 22.2. The molecule has 1 aromatic carbocycles. The number of ketones is 1. The fourth-order valence-corrected chi connectivity index (χ4v) is 3.92. The molecule has 1 aliphatic rings. The Morgan fingerprint density at radius 3 is 2.80 bits per heavy atom. The lowest BCUT2D eigenvalue weighted by molar-refractivity contribution is -0.121. The molecule has 0 saturated carbocycles. The largest absolute Gasteiger partial charge is 0.482 e. The van der Waals surface area contributed by atoms with Gasteiger partial charge in [0.15, 0.2) is 17.4 Å². The number of β-amino-alcohol motifs (C(OH)–C–C–N with tert-alkyl or cyclic N) is 1. The summed E-state index contributed by atoms with van der Waals surface area (Å²) < 4.78 is 30.5. The molecule has 0 spiro atoms. The maximum Gasteiger partial charge on any atom is 0.231 e.